The zero-order valence-electron chi connectivity index (χ0n) is 12.9. The minimum atomic E-state index is -0.686. The first-order chi connectivity index (χ1) is 10.0. The molecule has 1 unspecified atom stereocenters. The molecule has 4 nitrogen and oxygen atoms in total. The Bertz CT molecular complexity index is 473. The number of likely N-dealkylation sites (tertiary alicyclic amines) is 1. The van der Waals surface area contributed by atoms with Crippen molar-refractivity contribution in [2.24, 2.45) is 5.92 Å². The van der Waals surface area contributed by atoms with Crippen molar-refractivity contribution in [3.63, 3.8) is 0 Å². The van der Waals surface area contributed by atoms with E-state index in [9.17, 15) is 4.79 Å². The van der Waals surface area contributed by atoms with E-state index >= 15 is 0 Å². The average Bonchev–Trinajstić information content (AvgIpc) is 2.37. The van der Waals surface area contributed by atoms with Gasteiger partial charge in [-0.2, -0.15) is 0 Å². The van der Waals surface area contributed by atoms with E-state index in [4.69, 9.17) is 9.84 Å². The fourth-order valence-corrected chi connectivity index (χ4v) is 2.96. The van der Waals surface area contributed by atoms with Crippen LogP contribution in [0.25, 0.3) is 0 Å². The molecule has 0 bridgehead atoms. The normalized spacial score (nSPS) is 19.7. The maximum absolute atomic E-state index is 10.8. The summed E-state index contributed by atoms with van der Waals surface area (Å²) in [5.74, 6) is 0.502. The van der Waals surface area contributed by atoms with Crippen LogP contribution in [0.2, 0.25) is 0 Å². The van der Waals surface area contributed by atoms with Gasteiger partial charge in [0.05, 0.1) is 6.10 Å². The van der Waals surface area contributed by atoms with E-state index in [0.717, 1.165) is 38.2 Å². The predicted octanol–water partition coefficient (Wildman–Crippen LogP) is 3.16. The number of rotatable bonds is 6. The van der Waals surface area contributed by atoms with E-state index in [1.807, 2.05) is 26.0 Å². The van der Waals surface area contributed by atoms with E-state index in [1.165, 1.54) is 5.56 Å². The molecule has 1 heterocycles. The summed E-state index contributed by atoms with van der Waals surface area (Å²) in [7, 11) is 0. The molecule has 0 amide bonds. The summed E-state index contributed by atoms with van der Waals surface area (Å²) in [4.78, 5) is 13.2. The Morgan fingerprint density at radius 2 is 2.29 bits per heavy atom. The number of piperidine rings is 1. The van der Waals surface area contributed by atoms with Gasteiger partial charge in [0.25, 0.3) is 0 Å². The number of carboxylic acid groups (broad SMARTS) is 1. The van der Waals surface area contributed by atoms with Crippen LogP contribution in [-0.4, -0.2) is 35.2 Å². The molecule has 1 atom stereocenters. The predicted molar refractivity (Wildman–Crippen MR) is 82.5 cm³/mol. The molecule has 1 aliphatic rings. The van der Waals surface area contributed by atoms with Gasteiger partial charge in [-0.05, 0) is 56.8 Å². The number of aliphatic carboxylic acids is 1. The lowest BCUT2D eigenvalue weighted by Gasteiger charge is -2.32. The maximum atomic E-state index is 10.8. The van der Waals surface area contributed by atoms with Crippen LogP contribution in [-0.2, 0) is 11.3 Å². The average molecular weight is 291 g/mol. The first-order valence-electron chi connectivity index (χ1n) is 7.72. The Labute approximate surface area is 126 Å². The van der Waals surface area contributed by atoms with Gasteiger partial charge in [0.1, 0.15) is 5.75 Å². The Hall–Kier alpha value is -1.55. The zero-order valence-corrected chi connectivity index (χ0v) is 12.9. The highest BCUT2D eigenvalue weighted by molar-refractivity contribution is 5.67. The van der Waals surface area contributed by atoms with Gasteiger partial charge >= 0.3 is 5.97 Å². The number of hydrogen-bond acceptors (Lipinski definition) is 3. The maximum Gasteiger partial charge on any atom is 0.303 e. The van der Waals surface area contributed by atoms with E-state index in [-0.39, 0.29) is 18.4 Å². The van der Waals surface area contributed by atoms with Gasteiger partial charge in [-0.15, -0.1) is 0 Å². The second kappa shape index (κ2) is 7.46. The highest BCUT2D eigenvalue weighted by atomic mass is 16.5. The molecular formula is C17H25NO3. The van der Waals surface area contributed by atoms with Crippen molar-refractivity contribution in [1.29, 1.82) is 0 Å². The molecule has 1 fully saturated rings. The monoisotopic (exact) mass is 291 g/mol. The molecule has 21 heavy (non-hydrogen) atoms. The van der Waals surface area contributed by atoms with Crippen molar-refractivity contribution in [3.8, 4) is 5.75 Å². The van der Waals surface area contributed by atoms with Gasteiger partial charge in [-0.1, -0.05) is 12.1 Å². The van der Waals surface area contributed by atoms with Crippen LogP contribution in [0.4, 0.5) is 0 Å². The van der Waals surface area contributed by atoms with E-state index in [0.29, 0.717) is 0 Å². The molecule has 1 aromatic rings. The van der Waals surface area contributed by atoms with Gasteiger partial charge in [-0.3, -0.25) is 9.69 Å². The minimum Gasteiger partial charge on any atom is -0.491 e. The third kappa shape index (κ3) is 5.38. The zero-order chi connectivity index (χ0) is 15.2. The Morgan fingerprint density at radius 3 is 3.00 bits per heavy atom. The molecule has 116 valence electrons. The van der Waals surface area contributed by atoms with Crippen molar-refractivity contribution in [2.45, 2.75) is 45.8 Å². The van der Waals surface area contributed by atoms with Crippen molar-refractivity contribution in [3.05, 3.63) is 29.8 Å². The summed E-state index contributed by atoms with van der Waals surface area (Å²) in [5.41, 5.74) is 1.23. The van der Waals surface area contributed by atoms with Crippen LogP contribution in [0.1, 0.15) is 38.7 Å². The molecule has 1 aliphatic heterocycles. The number of carbonyl (C=O) groups is 1. The summed E-state index contributed by atoms with van der Waals surface area (Å²) >= 11 is 0. The number of hydrogen-bond donors (Lipinski definition) is 1. The van der Waals surface area contributed by atoms with Crippen LogP contribution in [0.3, 0.4) is 0 Å². The minimum absolute atomic E-state index is 0.176. The van der Waals surface area contributed by atoms with Crippen molar-refractivity contribution >= 4 is 5.97 Å². The Kier molecular flexibility index (Phi) is 5.62. The fraction of sp³-hybridized carbons (Fsp3) is 0.588. The number of nitrogens with zero attached hydrogens (tertiary/aromatic N) is 1. The summed E-state index contributed by atoms with van der Waals surface area (Å²) in [5, 5.41) is 8.93. The molecule has 1 saturated heterocycles. The number of ether oxygens (including phenoxy) is 1. The third-order valence-corrected chi connectivity index (χ3v) is 3.74. The van der Waals surface area contributed by atoms with E-state index in [1.54, 1.807) is 0 Å². The smallest absolute Gasteiger partial charge is 0.303 e. The van der Waals surface area contributed by atoms with Gasteiger partial charge in [0.2, 0.25) is 0 Å². The summed E-state index contributed by atoms with van der Waals surface area (Å²) in [6.07, 6.45) is 2.57. The van der Waals surface area contributed by atoms with Crippen molar-refractivity contribution < 1.29 is 14.6 Å². The molecule has 0 radical (unpaired) electrons. The lowest BCUT2D eigenvalue weighted by Crippen LogP contribution is -2.35. The Balaban J connectivity index is 1.93. The summed E-state index contributed by atoms with van der Waals surface area (Å²) in [6.45, 7) is 6.83. The van der Waals surface area contributed by atoms with Gasteiger partial charge in [-0.25, -0.2) is 0 Å². The topological polar surface area (TPSA) is 49.8 Å². The first-order valence-corrected chi connectivity index (χ1v) is 7.72. The molecule has 0 saturated carbocycles. The van der Waals surface area contributed by atoms with Crippen molar-refractivity contribution in [1.82, 2.24) is 4.90 Å². The molecule has 1 N–H and O–H groups in total. The van der Waals surface area contributed by atoms with Crippen LogP contribution in [0.15, 0.2) is 24.3 Å². The third-order valence-electron chi connectivity index (χ3n) is 3.74. The van der Waals surface area contributed by atoms with Crippen LogP contribution < -0.4 is 4.74 Å². The summed E-state index contributed by atoms with van der Waals surface area (Å²) < 4.78 is 5.72. The van der Waals surface area contributed by atoms with Crippen molar-refractivity contribution in [2.75, 3.05) is 13.1 Å². The van der Waals surface area contributed by atoms with Gasteiger partial charge in [0, 0.05) is 19.5 Å². The molecule has 0 aromatic heterocycles. The highest BCUT2D eigenvalue weighted by Gasteiger charge is 2.22. The lowest BCUT2D eigenvalue weighted by atomic mass is 9.94. The molecule has 1 aromatic carbocycles. The van der Waals surface area contributed by atoms with E-state index < -0.39 is 5.97 Å². The highest BCUT2D eigenvalue weighted by Crippen LogP contribution is 2.22. The Morgan fingerprint density at radius 1 is 1.48 bits per heavy atom. The standard InChI is InChI=1S/C17H25NO3/c1-13(2)21-16-7-3-5-14(9-16)11-18-8-4-6-15(12-18)10-17(19)20/h3,5,7,9,13,15H,4,6,8,10-12H2,1-2H3,(H,19,20). The van der Waals surface area contributed by atoms with Gasteiger partial charge < -0.3 is 9.84 Å². The summed E-state index contributed by atoms with van der Waals surface area (Å²) in [6, 6.07) is 8.19. The van der Waals surface area contributed by atoms with Crippen LogP contribution in [0, 0.1) is 5.92 Å². The fourth-order valence-electron chi connectivity index (χ4n) is 2.96. The largest absolute Gasteiger partial charge is 0.491 e. The SMILES string of the molecule is CC(C)Oc1cccc(CN2CCCC(CC(=O)O)C2)c1. The second-order valence-electron chi connectivity index (χ2n) is 6.16. The van der Waals surface area contributed by atoms with Gasteiger partial charge in [0.15, 0.2) is 0 Å². The number of carboxylic acids is 1. The second-order valence-corrected chi connectivity index (χ2v) is 6.16. The molecule has 4 heteroatoms. The lowest BCUT2D eigenvalue weighted by molar-refractivity contribution is -0.138. The van der Waals surface area contributed by atoms with E-state index in [2.05, 4.69) is 17.0 Å². The van der Waals surface area contributed by atoms with Crippen LogP contribution in [0.5, 0.6) is 5.75 Å². The molecule has 0 aliphatic carbocycles. The molecule has 2 rings (SSSR count). The first kappa shape index (κ1) is 15.8. The quantitative estimate of drug-likeness (QED) is 0.874. The molecular weight excluding hydrogens is 266 g/mol. The van der Waals surface area contributed by atoms with Crippen LogP contribution >= 0.6 is 0 Å². The number of benzene rings is 1. The molecule has 0 spiro atoms.